The maximum atomic E-state index is 11.7. The van der Waals surface area contributed by atoms with Crippen LogP contribution in [0.1, 0.15) is 29.9 Å². The first-order valence-electron chi connectivity index (χ1n) is 5.59. The Balaban J connectivity index is 2.93. The van der Waals surface area contributed by atoms with E-state index in [1.165, 1.54) is 0 Å². The summed E-state index contributed by atoms with van der Waals surface area (Å²) in [5, 5.41) is 0. The van der Waals surface area contributed by atoms with E-state index >= 15 is 0 Å². The number of nitrogens with two attached hydrogens (primary N) is 1. The second-order valence-electron chi connectivity index (χ2n) is 4.02. The van der Waals surface area contributed by atoms with Crippen molar-refractivity contribution in [2.75, 3.05) is 6.61 Å². The molecule has 94 valence electrons. The number of aryl methyl sites for hydroxylation is 1. The minimum absolute atomic E-state index is 0.324. The fourth-order valence-electron chi connectivity index (χ4n) is 1.60. The minimum Gasteiger partial charge on any atom is -0.461 e. The molecule has 1 aromatic rings. The van der Waals surface area contributed by atoms with Crippen molar-refractivity contribution >= 4 is 11.9 Å². The van der Waals surface area contributed by atoms with Crippen molar-refractivity contribution in [1.82, 2.24) is 4.57 Å². The molecule has 0 aliphatic carbocycles. The van der Waals surface area contributed by atoms with Crippen molar-refractivity contribution in [3.05, 3.63) is 23.5 Å². The zero-order chi connectivity index (χ0) is 13.0. The van der Waals surface area contributed by atoms with E-state index < -0.39 is 0 Å². The summed E-state index contributed by atoms with van der Waals surface area (Å²) in [6.45, 7) is 6.03. The third-order valence-electron chi connectivity index (χ3n) is 2.59. The molecule has 1 heterocycles. The highest BCUT2D eigenvalue weighted by Gasteiger charge is 2.18. The molecule has 0 radical (unpaired) electrons. The van der Waals surface area contributed by atoms with Gasteiger partial charge >= 0.3 is 5.97 Å². The van der Waals surface area contributed by atoms with Crippen LogP contribution in [-0.2, 0) is 16.1 Å². The fourth-order valence-corrected chi connectivity index (χ4v) is 1.60. The van der Waals surface area contributed by atoms with E-state index in [-0.39, 0.29) is 17.8 Å². The molecule has 0 fully saturated rings. The normalized spacial score (nSPS) is 12.2. The zero-order valence-electron chi connectivity index (χ0n) is 10.4. The number of carbonyl (C=O) groups excluding carboxylic acids is 2. The van der Waals surface area contributed by atoms with Gasteiger partial charge in [0.05, 0.1) is 12.5 Å². The van der Waals surface area contributed by atoms with Crippen molar-refractivity contribution in [2.45, 2.75) is 27.3 Å². The van der Waals surface area contributed by atoms with Gasteiger partial charge in [0.25, 0.3) is 0 Å². The second-order valence-corrected chi connectivity index (χ2v) is 4.02. The first kappa shape index (κ1) is 13.3. The number of hydrogen-bond acceptors (Lipinski definition) is 3. The SMILES string of the molecule is CCOC(=O)c1c(C)ccn1CC(C)C(N)=O. The molecule has 2 N–H and O–H groups in total. The summed E-state index contributed by atoms with van der Waals surface area (Å²) in [7, 11) is 0. The lowest BCUT2D eigenvalue weighted by Crippen LogP contribution is -2.26. The maximum absolute atomic E-state index is 11.7. The summed E-state index contributed by atoms with van der Waals surface area (Å²) >= 11 is 0. The van der Waals surface area contributed by atoms with Crippen molar-refractivity contribution in [3.63, 3.8) is 0 Å². The van der Waals surface area contributed by atoms with E-state index in [0.29, 0.717) is 18.8 Å². The summed E-state index contributed by atoms with van der Waals surface area (Å²) in [4.78, 5) is 22.7. The Kier molecular flexibility index (Phi) is 4.31. The fraction of sp³-hybridized carbons (Fsp3) is 0.500. The number of amides is 1. The monoisotopic (exact) mass is 238 g/mol. The smallest absolute Gasteiger partial charge is 0.355 e. The molecule has 1 unspecified atom stereocenters. The molecule has 0 spiro atoms. The maximum Gasteiger partial charge on any atom is 0.355 e. The predicted octanol–water partition coefficient (Wildman–Crippen LogP) is 1.09. The highest BCUT2D eigenvalue weighted by atomic mass is 16.5. The Morgan fingerprint density at radius 1 is 1.53 bits per heavy atom. The van der Waals surface area contributed by atoms with Crippen LogP contribution in [0.4, 0.5) is 0 Å². The van der Waals surface area contributed by atoms with Crippen LogP contribution in [0.3, 0.4) is 0 Å². The Morgan fingerprint density at radius 3 is 2.71 bits per heavy atom. The number of carbonyl (C=O) groups is 2. The van der Waals surface area contributed by atoms with E-state index in [4.69, 9.17) is 10.5 Å². The quantitative estimate of drug-likeness (QED) is 0.780. The molecule has 17 heavy (non-hydrogen) atoms. The van der Waals surface area contributed by atoms with Gasteiger partial charge in [-0.25, -0.2) is 4.79 Å². The van der Waals surface area contributed by atoms with Gasteiger partial charge in [-0.3, -0.25) is 4.79 Å². The number of esters is 1. The summed E-state index contributed by atoms with van der Waals surface area (Å²) in [6.07, 6.45) is 1.76. The van der Waals surface area contributed by atoms with Gasteiger partial charge in [-0.05, 0) is 25.5 Å². The highest BCUT2D eigenvalue weighted by molar-refractivity contribution is 5.89. The van der Waals surface area contributed by atoms with E-state index in [9.17, 15) is 9.59 Å². The molecule has 1 rings (SSSR count). The van der Waals surface area contributed by atoms with Gasteiger partial charge in [-0.1, -0.05) is 6.92 Å². The van der Waals surface area contributed by atoms with Crippen LogP contribution in [0, 0.1) is 12.8 Å². The van der Waals surface area contributed by atoms with Crippen LogP contribution in [0.25, 0.3) is 0 Å². The topological polar surface area (TPSA) is 74.3 Å². The third kappa shape index (κ3) is 3.09. The summed E-state index contributed by atoms with van der Waals surface area (Å²) < 4.78 is 6.68. The van der Waals surface area contributed by atoms with Gasteiger partial charge < -0.3 is 15.0 Å². The molecule has 0 aromatic carbocycles. The van der Waals surface area contributed by atoms with E-state index in [1.54, 1.807) is 24.6 Å². The first-order valence-corrected chi connectivity index (χ1v) is 5.59. The van der Waals surface area contributed by atoms with Gasteiger partial charge in [-0.15, -0.1) is 0 Å². The van der Waals surface area contributed by atoms with E-state index in [1.807, 2.05) is 13.0 Å². The summed E-state index contributed by atoms with van der Waals surface area (Å²) in [5.41, 5.74) is 6.53. The molecule has 1 aromatic heterocycles. The number of hydrogen-bond donors (Lipinski definition) is 1. The Labute approximate surface area is 101 Å². The van der Waals surface area contributed by atoms with E-state index in [2.05, 4.69) is 0 Å². The van der Waals surface area contributed by atoms with Crippen molar-refractivity contribution in [3.8, 4) is 0 Å². The lowest BCUT2D eigenvalue weighted by molar-refractivity contribution is -0.121. The number of nitrogens with zero attached hydrogens (tertiary/aromatic N) is 1. The average Bonchev–Trinajstić information content (AvgIpc) is 2.60. The van der Waals surface area contributed by atoms with Crippen molar-refractivity contribution in [1.29, 1.82) is 0 Å². The molecule has 0 saturated heterocycles. The van der Waals surface area contributed by atoms with Crippen LogP contribution >= 0.6 is 0 Å². The Bertz CT molecular complexity index is 423. The van der Waals surface area contributed by atoms with Gasteiger partial charge in [0.2, 0.25) is 5.91 Å². The first-order chi connectivity index (χ1) is 7.97. The largest absolute Gasteiger partial charge is 0.461 e. The lowest BCUT2D eigenvalue weighted by Gasteiger charge is -2.12. The standard InChI is InChI=1S/C12H18N2O3/c1-4-17-12(16)10-8(2)5-6-14(10)7-9(3)11(13)15/h5-6,9H,4,7H2,1-3H3,(H2,13,15). The molecule has 1 atom stereocenters. The van der Waals surface area contributed by atoms with Crippen molar-refractivity contribution in [2.24, 2.45) is 11.7 Å². The Morgan fingerprint density at radius 2 is 2.18 bits per heavy atom. The molecular weight excluding hydrogens is 220 g/mol. The molecule has 0 saturated carbocycles. The van der Waals surface area contributed by atoms with Crippen LogP contribution in [0.5, 0.6) is 0 Å². The van der Waals surface area contributed by atoms with Gasteiger partial charge in [-0.2, -0.15) is 0 Å². The van der Waals surface area contributed by atoms with Gasteiger partial charge in [0.15, 0.2) is 0 Å². The Hall–Kier alpha value is -1.78. The molecular formula is C12H18N2O3. The highest BCUT2D eigenvalue weighted by Crippen LogP contribution is 2.13. The number of primary amides is 1. The summed E-state index contributed by atoms with van der Waals surface area (Å²) in [6, 6.07) is 1.82. The van der Waals surface area contributed by atoms with Gasteiger partial charge in [0.1, 0.15) is 5.69 Å². The molecule has 0 aliphatic heterocycles. The predicted molar refractivity (Wildman–Crippen MR) is 63.5 cm³/mol. The number of aromatic nitrogens is 1. The van der Waals surface area contributed by atoms with Crippen LogP contribution in [0.2, 0.25) is 0 Å². The van der Waals surface area contributed by atoms with Crippen LogP contribution in [0.15, 0.2) is 12.3 Å². The zero-order valence-corrected chi connectivity index (χ0v) is 10.4. The van der Waals surface area contributed by atoms with Crippen molar-refractivity contribution < 1.29 is 14.3 Å². The average molecular weight is 238 g/mol. The van der Waals surface area contributed by atoms with Crippen LogP contribution < -0.4 is 5.73 Å². The molecule has 1 amide bonds. The summed E-state index contributed by atoms with van der Waals surface area (Å²) in [5.74, 6) is -1.08. The molecule has 0 aliphatic rings. The molecule has 0 bridgehead atoms. The minimum atomic E-state index is -0.383. The number of ether oxygens (including phenoxy) is 1. The third-order valence-corrected chi connectivity index (χ3v) is 2.59. The second kappa shape index (κ2) is 5.52. The van der Waals surface area contributed by atoms with Gasteiger partial charge in [0, 0.05) is 12.7 Å². The van der Waals surface area contributed by atoms with E-state index in [0.717, 1.165) is 5.56 Å². The molecule has 5 heteroatoms. The molecule has 5 nitrogen and oxygen atoms in total. The number of rotatable bonds is 5. The van der Waals surface area contributed by atoms with Crippen LogP contribution in [-0.4, -0.2) is 23.1 Å². The lowest BCUT2D eigenvalue weighted by atomic mass is 10.1.